The van der Waals surface area contributed by atoms with Gasteiger partial charge < -0.3 is 38.7 Å². The van der Waals surface area contributed by atoms with Gasteiger partial charge in [-0.15, -0.1) is 0 Å². The van der Waals surface area contributed by atoms with E-state index in [2.05, 4.69) is 15.2 Å². The number of nitrogens with one attached hydrogen (secondary N) is 1. The number of hydrogen-bond donors (Lipinski definition) is 2. The minimum absolute atomic E-state index is 0.0731. The third kappa shape index (κ3) is 7.69. The molecular formula is C32H37N6O12P. The molecule has 2 aromatic heterocycles. The number of rotatable bonds is 14. The van der Waals surface area contributed by atoms with Crippen molar-refractivity contribution in [2.45, 2.75) is 56.8 Å². The van der Waals surface area contributed by atoms with Gasteiger partial charge in [0.2, 0.25) is 5.60 Å². The highest BCUT2D eigenvalue weighted by Crippen LogP contribution is 2.50. The van der Waals surface area contributed by atoms with Crippen LogP contribution in [0.15, 0.2) is 48.8 Å². The van der Waals surface area contributed by atoms with Crippen LogP contribution in [0.2, 0.25) is 0 Å². The van der Waals surface area contributed by atoms with Crippen molar-refractivity contribution in [2.75, 3.05) is 38.8 Å². The SMILES string of the molecule is CC(C)OC(=O)[C@H](C)N[P@](=O)(OC[C@@]1(C#N)O[C@@H](c2ccc3c(N)ncnn23)[C@H](OC(=O)C2COC2)[C@@H]1OC(=O)C1COC1)Oc1ccccc1. The zero-order valence-electron chi connectivity index (χ0n) is 27.9. The summed E-state index contributed by atoms with van der Waals surface area (Å²) >= 11 is 0. The number of para-hydroxylation sites is 1. The van der Waals surface area contributed by atoms with E-state index in [0.717, 1.165) is 0 Å². The third-order valence-corrected chi connectivity index (χ3v) is 9.92. The third-order valence-electron chi connectivity index (χ3n) is 8.30. The van der Waals surface area contributed by atoms with Crippen LogP contribution in [0.3, 0.4) is 0 Å². The summed E-state index contributed by atoms with van der Waals surface area (Å²) in [5.41, 5.74) is 4.43. The zero-order chi connectivity index (χ0) is 36.3. The normalized spacial score (nSPS) is 25.2. The number of anilines is 1. The van der Waals surface area contributed by atoms with Crippen molar-refractivity contribution in [1.82, 2.24) is 19.7 Å². The quantitative estimate of drug-likeness (QED) is 0.137. The highest BCUT2D eigenvalue weighted by Gasteiger charge is 2.63. The molecule has 3 aromatic rings. The average molecular weight is 729 g/mol. The molecular weight excluding hydrogens is 691 g/mol. The van der Waals surface area contributed by atoms with Crippen LogP contribution in [-0.4, -0.2) is 95.5 Å². The van der Waals surface area contributed by atoms with Crippen molar-refractivity contribution in [2.24, 2.45) is 11.8 Å². The van der Waals surface area contributed by atoms with Gasteiger partial charge in [0.05, 0.1) is 38.2 Å². The molecule has 0 aliphatic carbocycles. The van der Waals surface area contributed by atoms with Gasteiger partial charge in [-0.2, -0.15) is 15.4 Å². The van der Waals surface area contributed by atoms with Crippen molar-refractivity contribution in [3.8, 4) is 11.8 Å². The standard InChI is InChI=1S/C32H37N6O12P/c1-18(2)46-29(39)19(3)37-51(42,50-22-7-5-4-6-8-22)45-16-32(15-33)27(48-31(41)21-13-44-14-21)26(47-30(40)20-11-43-12-20)25(49-32)23-9-10-24-28(34)35-17-36-38(23)24/h4-10,17-21,25-27H,11-14,16H2,1-3H3,(H,37,42)(H2,34,35,36)/t19-,25-,26-,27-,32+,51-/m0/s1. The van der Waals surface area contributed by atoms with Crippen LogP contribution in [0, 0.1) is 23.2 Å². The number of hydrogen-bond acceptors (Lipinski definition) is 16. The first-order valence-electron chi connectivity index (χ1n) is 16.1. The van der Waals surface area contributed by atoms with E-state index in [1.165, 1.54) is 29.9 Å². The van der Waals surface area contributed by atoms with E-state index in [0.29, 0.717) is 5.52 Å². The van der Waals surface area contributed by atoms with Crippen molar-refractivity contribution in [1.29, 1.82) is 5.26 Å². The number of nitrogens with two attached hydrogens (primary N) is 1. The molecule has 18 nitrogen and oxygen atoms in total. The van der Waals surface area contributed by atoms with Gasteiger partial charge in [0.25, 0.3) is 0 Å². The van der Waals surface area contributed by atoms with Gasteiger partial charge in [0, 0.05) is 0 Å². The largest absolute Gasteiger partial charge is 0.462 e. The van der Waals surface area contributed by atoms with E-state index in [1.54, 1.807) is 44.2 Å². The first kappa shape index (κ1) is 36.2. The number of nitriles is 1. The van der Waals surface area contributed by atoms with Crippen molar-refractivity contribution < 1.29 is 56.4 Å². The fourth-order valence-corrected chi connectivity index (χ4v) is 6.96. The number of nitrogens with zero attached hydrogens (tertiary/aromatic N) is 4. The van der Waals surface area contributed by atoms with Crippen molar-refractivity contribution in [3.05, 3.63) is 54.5 Å². The summed E-state index contributed by atoms with van der Waals surface area (Å²) in [7, 11) is -4.57. The minimum Gasteiger partial charge on any atom is -0.462 e. The monoisotopic (exact) mass is 728 g/mol. The molecule has 0 spiro atoms. The van der Waals surface area contributed by atoms with E-state index < -0.39 is 80.2 Å². The second-order valence-corrected chi connectivity index (χ2v) is 14.2. The zero-order valence-corrected chi connectivity index (χ0v) is 28.8. The molecule has 1 aromatic carbocycles. The van der Waals surface area contributed by atoms with E-state index in [4.69, 9.17) is 43.2 Å². The summed E-state index contributed by atoms with van der Waals surface area (Å²) in [6.07, 6.45) is -3.69. The Labute approximate surface area is 291 Å². The second kappa shape index (κ2) is 14.9. The second-order valence-electron chi connectivity index (χ2n) is 12.5. The number of esters is 3. The number of fused-ring (bicyclic) bond motifs is 1. The Balaban J connectivity index is 1.38. The molecule has 3 saturated heterocycles. The summed E-state index contributed by atoms with van der Waals surface area (Å²) in [4.78, 5) is 43.4. The van der Waals surface area contributed by atoms with Gasteiger partial charge in [0.15, 0.2) is 18.0 Å². The molecule has 0 bridgehead atoms. The highest BCUT2D eigenvalue weighted by atomic mass is 31.2. The van der Waals surface area contributed by atoms with Crippen molar-refractivity contribution in [3.63, 3.8) is 0 Å². The summed E-state index contributed by atoms with van der Waals surface area (Å²) < 4.78 is 61.4. The number of carbonyl (C=O) groups excluding carboxylic acids is 3. The number of aromatic nitrogens is 3. The molecule has 3 N–H and O–H groups in total. The Hall–Kier alpha value is -4.63. The van der Waals surface area contributed by atoms with Crippen LogP contribution in [0.4, 0.5) is 5.82 Å². The first-order chi connectivity index (χ1) is 24.4. The molecule has 51 heavy (non-hydrogen) atoms. The van der Waals surface area contributed by atoms with Gasteiger partial charge in [-0.25, -0.2) is 14.1 Å². The number of carbonyl (C=O) groups is 3. The predicted molar refractivity (Wildman–Crippen MR) is 172 cm³/mol. The van der Waals surface area contributed by atoms with Gasteiger partial charge in [-0.1, -0.05) is 18.2 Å². The average Bonchev–Trinajstić information content (AvgIpc) is 3.59. The van der Waals surface area contributed by atoms with Crippen LogP contribution < -0.4 is 15.3 Å². The summed E-state index contributed by atoms with van der Waals surface area (Å²) in [6.45, 7) is 4.18. The lowest BCUT2D eigenvalue weighted by Gasteiger charge is -2.33. The molecule has 3 aliphatic heterocycles. The lowest BCUT2D eigenvalue weighted by Crippen LogP contribution is -2.52. The summed E-state index contributed by atoms with van der Waals surface area (Å²) in [5, 5.41) is 17.7. The van der Waals surface area contributed by atoms with Crippen LogP contribution >= 0.6 is 7.75 Å². The molecule has 3 aliphatic rings. The Morgan fingerprint density at radius 1 is 1.06 bits per heavy atom. The van der Waals surface area contributed by atoms with Crippen LogP contribution in [0.25, 0.3) is 5.52 Å². The maximum Gasteiger partial charge on any atom is 0.459 e. The minimum atomic E-state index is -4.57. The van der Waals surface area contributed by atoms with Gasteiger partial charge in [-0.3, -0.25) is 18.9 Å². The highest BCUT2D eigenvalue weighted by molar-refractivity contribution is 7.52. The molecule has 3 fully saturated rings. The van der Waals surface area contributed by atoms with E-state index in [9.17, 15) is 24.2 Å². The van der Waals surface area contributed by atoms with E-state index in [1.807, 2.05) is 6.07 Å². The summed E-state index contributed by atoms with van der Waals surface area (Å²) in [5.74, 6) is -3.23. The Kier molecular flexibility index (Phi) is 10.6. The number of benzene rings is 1. The van der Waals surface area contributed by atoms with Crippen LogP contribution in [0.1, 0.15) is 32.6 Å². The molecule has 6 rings (SSSR count). The lowest BCUT2D eigenvalue weighted by atomic mass is 9.95. The van der Waals surface area contributed by atoms with Gasteiger partial charge >= 0.3 is 25.7 Å². The molecule has 6 atom stereocenters. The maximum atomic E-state index is 14.4. The molecule has 0 amide bonds. The molecule has 5 heterocycles. The van der Waals surface area contributed by atoms with Crippen LogP contribution in [-0.2, 0) is 51.9 Å². The fraction of sp³-hybridized carbons (Fsp3) is 0.500. The van der Waals surface area contributed by atoms with E-state index >= 15 is 0 Å². The molecule has 19 heteroatoms. The fourth-order valence-electron chi connectivity index (χ4n) is 5.44. The Bertz CT molecular complexity index is 1840. The number of ether oxygens (including phenoxy) is 6. The maximum absolute atomic E-state index is 14.4. The first-order valence-corrected chi connectivity index (χ1v) is 17.7. The van der Waals surface area contributed by atoms with Gasteiger partial charge in [-0.05, 0) is 45.0 Å². The van der Waals surface area contributed by atoms with Crippen LogP contribution in [0.5, 0.6) is 5.75 Å². The van der Waals surface area contributed by atoms with Crippen molar-refractivity contribution >= 4 is 37.0 Å². The smallest absolute Gasteiger partial charge is 0.459 e. The lowest BCUT2D eigenvalue weighted by molar-refractivity contribution is -0.188. The molecule has 0 radical (unpaired) electrons. The molecule has 0 saturated carbocycles. The Morgan fingerprint density at radius 3 is 2.33 bits per heavy atom. The molecule has 272 valence electrons. The predicted octanol–water partition coefficient (Wildman–Crippen LogP) is 1.89. The van der Waals surface area contributed by atoms with Gasteiger partial charge in [0.1, 0.15) is 54.3 Å². The number of nitrogen functional groups attached to an aromatic ring is 1. The molecule has 0 unspecified atom stereocenters. The van der Waals surface area contributed by atoms with E-state index in [-0.39, 0.29) is 43.7 Å². The topological polar surface area (TPSA) is 234 Å². The Morgan fingerprint density at radius 2 is 1.73 bits per heavy atom. The summed E-state index contributed by atoms with van der Waals surface area (Å²) in [6, 6.07) is 12.0.